The molecule has 1 heterocycles. The number of carbonyl (C=O) groups excluding carboxylic acids is 2. The van der Waals surface area contributed by atoms with Gasteiger partial charge in [0.05, 0.1) is 6.54 Å². The van der Waals surface area contributed by atoms with E-state index in [9.17, 15) is 9.59 Å². The summed E-state index contributed by atoms with van der Waals surface area (Å²) in [5, 5.41) is 3.39. The van der Waals surface area contributed by atoms with E-state index in [1.54, 1.807) is 0 Å². The lowest BCUT2D eigenvalue weighted by Crippen LogP contribution is -2.40. The van der Waals surface area contributed by atoms with Crippen LogP contribution in [0.5, 0.6) is 0 Å². The van der Waals surface area contributed by atoms with Gasteiger partial charge in [-0.2, -0.15) is 0 Å². The number of rotatable bonds is 9. The van der Waals surface area contributed by atoms with E-state index in [1.807, 2.05) is 68.1 Å². The molecule has 0 fully saturated rings. The molecule has 2 aromatic carbocycles. The molecule has 0 aromatic heterocycles. The van der Waals surface area contributed by atoms with Crippen LogP contribution < -0.4 is 5.32 Å². The zero-order valence-corrected chi connectivity index (χ0v) is 19.8. The Morgan fingerprint density at radius 2 is 1.78 bits per heavy atom. The smallest absolute Gasteiger partial charge is 0.242 e. The molecule has 0 spiro atoms. The Morgan fingerprint density at radius 1 is 1.03 bits per heavy atom. The molecular weight excluding hydrogens is 400 g/mol. The highest BCUT2D eigenvalue weighted by atomic mass is 16.2. The summed E-state index contributed by atoms with van der Waals surface area (Å²) < 4.78 is 0. The van der Waals surface area contributed by atoms with Crippen molar-refractivity contribution in [3.8, 4) is 0 Å². The van der Waals surface area contributed by atoms with Crippen LogP contribution in [-0.4, -0.2) is 66.8 Å². The predicted octanol–water partition coefficient (Wildman–Crippen LogP) is 3.23. The molecule has 0 unspecified atom stereocenters. The zero-order chi connectivity index (χ0) is 23.1. The molecule has 0 saturated heterocycles. The van der Waals surface area contributed by atoms with Crippen LogP contribution in [0.2, 0.25) is 0 Å². The third kappa shape index (κ3) is 6.33. The van der Waals surface area contributed by atoms with Gasteiger partial charge in [0.15, 0.2) is 0 Å². The van der Waals surface area contributed by atoms with E-state index in [0.29, 0.717) is 19.6 Å². The Hall–Kier alpha value is -2.86. The van der Waals surface area contributed by atoms with E-state index in [1.165, 1.54) is 5.56 Å². The van der Waals surface area contributed by atoms with Crippen LogP contribution >= 0.6 is 0 Å². The van der Waals surface area contributed by atoms with Gasteiger partial charge in [-0.25, -0.2) is 0 Å². The summed E-state index contributed by atoms with van der Waals surface area (Å²) >= 11 is 0. The molecule has 32 heavy (non-hydrogen) atoms. The lowest BCUT2D eigenvalue weighted by molar-refractivity contribution is -0.135. The molecule has 172 valence electrons. The van der Waals surface area contributed by atoms with Crippen LogP contribution in [-0.2, 0) is 29.1 Å². The second-order valence-electron chi connectivity index (χ2n) is 9.07. The number of amides is 2. The molecule has 0 atom stereocenters. The van der Waals surface area contributed by atoms with Gasteiger partial charge in [0.1, 0.15) is 0 Å². The minimum Gasteiger partial charge on any atom is -0.376 e. The molecule has 1 aliphatic rings. The monoisotopic (exact) mass is 436 g/mol. The van der Waals surface area contributed by atoms with Gasteiger partial charge in [0.2, 0.25) is 11.8 Å². The number of likely N-dealkylation sites (N-methyl/N-ethyl adjacent to an activating group) is 1. The highest BCUT2D eigenvalue weighted by Crippen LogP contribution is 2.27. The number of nitrogens with zero attached hydrogens (tertiary/aromatic N) is 3. The number of fused-ring (bicyclic) bond motifs is 1. The molecule has 6 heteroatoms. The fourth-order valence-electron chi connectivity index (χ4n) is 4.03. The number of hydrogen-bond donors (Lipinski definition) is 1. The molecule has 1 aliphatic heterocycles. The predicted molar refractivity (Wildman–Crippen MR) is 129 cm³/mol. The Balaban J connectivity index is 1.66. The summed E-state index contributed by atoms with van der Waals surface area (Å²) in [4.78, 5) is 31.5. The maximum absolute atomic E-state index is 13.1. The van der Waals surface area contributed by atoms with Gasteiger partial charge in [-0.05, 0) is 43.3 Å². The Morgan fingerprint density at radius 3 is 2.47 bits per heavy atom. The third-order valence-corrected chi connectivity index (χ3v) is 5.89. The molecule has 0 bridgehead atoms. The van der Waals surface area contributed by atoms with Crippen molar-refractivity contribution in [1.29, 1.82) is 0 Å². The standard InChI is InChI=1S/C26H36N4O2/c1-20(2)26(32)30-14-13-23-22(19-30)11-8-12-24(23)27-17-25(31)29(16-15-28(3)4)18-21-9-6-5-7-10-21/h5-12,20,27H,13-19H2,1-4H3. The number of nitrogens with one attached hydrogen (secondary N) is 1. The summed E-state index contributed by atoms with van der Waals surface area (Å²) in [5.74, 6) is 0.288. The van der Waals surface area contributed by atoms with Gasteiger partial charge < -0.3 is 20.0 Å². The SMILES string of the molecule is CC(C)C(=O)N1CCc2c(cccc2NCC(=O)N(CCN(C)C)Cc2ccccc2)C1. The van der Waals surface area contributed by atoms with Gasteiger partial charge in [0, 0.05) is 44.3 Å². The molecule has 1 N–H and O–H groups in total. The van der Waals surface area contributed by atoms with Gasteiger partial charge in [0.25, 0.3) is 0 Å². The molecular formula is C26H36N4O2. The largest absolute Gasteiger partial charge is 0.376 e. The number of hydrogen-bond acceptors (Lipinski definition) is 4. The molecule has 2 amide bonds. The number of benzene rings is 2. The summed E-state index contributed by atoms with van der Waals surface area (Å²) in [7, 11) is 4.04. The van der Waals surface area contributed by atoms with E-state index in [2.05, 4.69) is 28.4 Å². The number of anilines is 1. The summed E-state index contributed by atoms with van der Waals surface area (Å²) in [6.07, 6.45) is 0.805. The lowest BCUT2D eigenvalue weighted by Gasteiger charge is -2.31. The first kappa shape index (κ1) is 23.8. The van der Waals surface area contributed by atoms with Gasteiger partial charge in [-0.3, -0.25) is 9.59 Å². The Bertz CT molecular complexity index is 911. The van der Waals surface area contributed by atoms with E-state index >= 15 is 0 Å². The van der Waals surface area contributed by atoms with Crippen molar-refractivity contribution >= 4 is 17.5 Å². The fourth-order valence-corrected chi connectivity index (χ4v) is 4.03. The van der Waals surface area contributed by atoms with Crippen LogP contribution in [0.1, 0.15) is 30.5 Å². The van der Waals surface area contributed by atoms with Gasteiger partial charge >= 0.3 is 0 Å². The first-order valence-corrected chi connectivity index (χ1v) is 11.4. The third-order valence-electron chi connectivity index (χ3n) is 5.89. The van der Waals surface area contributed by atoms with Crippen LogP contribution in [0.25, 0.3) is 0 Å². The van der Waals surface area contributed by atoms with E-state index in [0.717, 1.165) is 36.3 Å². The average molecular weight is 437 g/mol. The zero-order valence-electron chi connectivity index (χ0n) is 19.8. The van der Waals surface area contributed by atoms with Crippen LogP contribution in [0.4, 0.5) is 5.69 Å². The molecule has 0 aliphatic carbocycles. The topological polar surface area (TPSA) is 55.9 Å². The van der Waals surface area contributed by atoms with Gasteiger partial charge in [-0.15, -0.1) is 0 Å². The highest BCUT2D eigenvalue weighted by molar-refractivity contribution is 5.81. The van der Waals surface area contributed by atoms with E-state index in [-0.39, 0.29) is 24.3 Å². The summed E-state index contributed by atoms with van der Waals surface area (Å²) in [6.45, 7) is 7.61. The summed E-state index contributed by atoms with van der Waals surface area (Å²) in [6, 6.07) is 16.2. The first-order valence-electron chi connectivity index (χ1n) is 11.4. The summed E-state index contributed by atoms with van der Waals surface area (Å²) in [5.41, 5.74) is 4.51. The maximum Gasteiger partial charge on any atom is 0.242 e. The van der Waals surface area contributed by atoms with Crippen LogP contribution in [0.3, 0.4) is 0 Å². The average Bonchev–Trinajstić information content (AvgIpc) is 2.79. The molecule has 3 rings (SSSR count). The van der Waals surface area contributed by atoms with Gasteiger partial charge in [-0.1, -0.05) is 56.3 Å². The Kier molecular flexibility index (Phi) is 8.28. The minimum atomic E-state index is 0.00763. The normalized spacial score (nSPS) is 13.2. The molecule has 0 radical (unpaired) electrons. The second kappa shape index (κ2) is 11.1. The van der Waals surface area contributed by atoms with Crippen molar-refractivity contribution in [3.63, 3.8) is 0 Å². The highest BCUT2D eigenvalue weighted by Gasteiger charge is 2.24. The van der Waals surface area contributed by atoms with E-state index < -0.39 is 0 Å². The first-order chi connectivity index (χ1) is 15.3. The molecule has 0 saturated carbocycles. The lowest BCUT2D eigenvalue weighted by atomic mass is 9.97. The van der Waals surface area contributed by atoms with Crippen molar-refractivity contribution in [1.82, 2.24) is 14.7 Å². The van der Waals surface area contributed by atoms with Crippen molar-refractivity contribution in [3.05, 3.63) is 65.2 Å². The maximum atomic E-state index is 13.1. The Labute approximate surface area is 192 Å². The minimum absolute atomic E-state index is 0.00763. The molecule has 6 nitrogen and oxygen atoms in total. The fraction of sp³-hybridized carbons (Fsp3) is 0.462. The van der Waals surface area contributed by atoms with E-state index in [4.69, 9.17) is 0 Å². The van der Waals surface area contributed by atoms with Crippen molar-refractivity contribution in [2.75, 3.05) is 45.6 Å². The van der Waals surface area contributed by atoms with Crippen LogP contribution in [0, 0.1) is 5.92 Å². The van der Waals surface area contributed by atoms with Crippen LogP contribution in [0.15, 0.2) is 48.5 Å². The number of carbonyl (C=O) groups is 2. The van der Waals surface area contributed by atoms with Crippen molar-refractivity contribution in [2.45, 2.75) is 33.4 Å². The van der Waals surface area contributed by atoms with Crippen molar-refractivity contribution < 1.29 is 9.59 Å². The van der Waals surface area contributed by atoms with Crippen molar-refractivity contribution in [2.24, 2.45) is 5.92 Å². The second-order valence-corrected chi connectivity index (χ2v) is 9.07. The quantitative estimate of drug-likeness (QED) is 0.656. The molecule has 2 aromatic rings.